The van der Waals surface area contributed by atoms with Crippen LogP contribution in [0.2, 0.25) is 0 Å². The lowest BCUT2D eigenvalue weighted by molar-refractivity contribution is -0.372. The highest BCUT2D eigenvalue weighted by atomic mass is 19.4. The molecule has 0 saturated carbocycles. The van der Waals surface area contributed by atoms with E-state index in [9.17, 15) is 31.4 Å². The summed E-state index contributed by atoms with van der Waals surface area (Å²) in [6.45, 7) is 0. The number of alkyl halides is 6. The number of aliphatic hydroxyl groups excluding tert-OH is 1. The number of hydrogen-bond acceptors (Lipinski definition) is 2. The smallest absolute Gasteiger partial charge is 0.389 e. The van der Waals surface area contributed by atoms with Crippen molar-refractivity contribution in [2.75, 3.05) is 0 Å². The average Bonchev–Trinajstić information content (AvgIpc) is 2.35. The summed E-state index contributed by atoms with van der Waals surface area (Å²) >= 11 is 0. The van der Waals surface area contributed by atoms with E-state index in [-0.39, 0.29) is 0 Å². The molecule has 0 radical (unpaired) electrons. The first-order valence-corrected chi connectivity index (χ1v) is 5.74. The quantitative estimate of drug-likeness (QED) is 0.837. The van der Waals surface area contributed by atoms with Crippen molar-refractivity contribution in [1.82, 2.24) is 0 Å². The van der Waals surface area contributed by atoms with Gasteiger partial charge in [0.2, 0.25) is 0 Å². The van der Waals surface area contributed by atoms with Crippen LogP contribution in [-0.2, 0) is 0 Å². The van der Waals surface area contributed by atoms with Gasteiger partial charge in [-0.05, 0) is 5.56 Å². The molecule has 2 N–H and O–H groups in total. The van der Waals surface area contributed by atoms with Crippen LogP contribution < -0.4 is 0 Å². The Bertz CT molecular complexity index is 464. The van der Waals surface area contributed by atoms with Gasteiger partial charge in [-0.15, -0.1) is 0 Å². The van der Waals surface area contributed by atoms with Crippen LogP contribution in [0, 0.1) is 0 Å². The van der Waals surface area contributed by atoms with Crippen molar-refractivity contribution in [3.8, 4) is 0 Å². The first-order chi connectivity index (χ1) is 9.47. The Kier molecular flexibility index (Phi) is 5.06. The molecule has 1 atom stereocenters. The van der Waals surface area contributed by atoms with Crippen LogP contribution in [0.1, 0.15) is 12.0 Å². The minimum absolute atomic E-state index is 0.485. The van der Waals surface area contributed by atoms with Crippen LogP contribution in [0.3, 0.4) is 0 Å². The first kappa shape index (κ1) is 17.5. The maximum atomic E-state index is 12.4. The number of halogens is 6. The molecule has 0 fully saturated rings. The molecule has 0 saturated heterocycles. The molecule has 0 aromatic heterocycles. The van der Waals surface area contributed by atoms with E-state index in [1.807, 2.05) is 0 Å². The highest BCUT2D eigenvalue weighted by Gasteiger charge is 2.70. The molecule has 0 spiro atoms. The summed E-state index contributed by atoms with van der Waals surface area (Å²) in [5.74, 6) is 0. The van der Waals surface area contributed by atoms with Crippen molar-refractivity contribution in [2.45, 2.75) is 30.5 Å². The fraction of sp³-hybridized carbons (Fsp3) is 0.385. The van der Waals surface area contributed by atoms with E-state index in [0.717, 1.165) is 12.2 Å². The minimum atomic E-state index is -5.94. The van der Waals surface area contributed by atoms with Crippen molar-refractivity contribution in [2.24, 2.45) is 0 Å². The van der Waals surface area contributed by atoms with Gasteiger partial charge >= 0.3 is 12.4 Å². The van der Waals surface area contributed by atoms with Crippen molar-refractivity contribution in [3.05, 3.63) is 42.0 Å². The van der Waals surface area contributed by atoms with Crippen LogP contribution in [0.15, 0.2) is 36.4 Å². The van der Waals surface area contributed by atoms with Crippen molar-refractivity contribution >= 4 is 6.08 Å². The third-order valence-electron chi connectivity index (χ3n) is 2.75. The molecule has 2 nitrogen and oxygen atoms in total. The molecule has 0 aliphatic carbocycles. The molecule has 1 aromatic rings. The molecule has 1 unspecified atom stereocenters. The zero-order valence-corrected chi connectivity index (χ0v) is 10.5. The lowest BCUT2D eigenvalue weighted by atomic mass is 9.94. The molecule has 0 heterocycles. The van der Waals surface area contributed by atoms with E-state index in [4.69, 9.17) is 5.11 Å². The second-order valence-corrected chi connectivity index (χ2v) is 4.40. The van der Waals surface area contributed by atoms with Gasteiger partial charge in [0.15, 0.2) is 0 Å². The third-order valence-corrected chi connectivity index (χ3v) is 2.75. The number of benzene rings is 1. The lowest BCUT2D eigenvalue weighted by Gasteiger charge is -2.33. The van der Waals surface area contributed by atoms with E-state index >= 15 is 0 Å². The average molecular weight is 314 g/mol. The molecule has 1 rings (SSSR count). The lowest BCUT2D eigenvalue weighted by Crippen LogP contribution is -2.58. The van der Waals surface area contributed by atoms with Crippen molar-refractivity contribution in [3.63, 3.8) is 0 Å². The van der Waals surface area contributed by atoms with Gasteiger partial charge in [0.1, 0.15) is 0 Å². The summed E-state index contributed by atoms with van der Waals surface area (Å²) in [5.41, 5.74) is -4.47. The van der Waals surface area contributed by atoms with Gasteiger partial charge < -0.3 is 10.2 Å². The predicted molar refractivity (Wildman–Crippen MR) is 63.2 cm³/mol. The molecular formula is C13H12F6O2. The second kappa shape index (κ2) is 6.07. The zero-order chi connectivity index (χ0) is 16.3. The fourth-order valence-electron chi connectivity index (χ4n) is 1.55. The Morgan fingerprint density at radius 2 is 1.43 bits per heavy atom. The zero-order valence-electron chi connectivity index (χ0n) is 10.5. The first-order valence-electron chi connectivity index (χ1n) is 5.74. The number of hydrogen-bond donors (Lipinski definition) is 2. The van der Waals surface area contributed by atoms with Crippen molar-refractivity contribution in [1.29, 1.82) is 0 Å². The molecule has 8 heteroatoms. The topological polar surface area (TPSA) is 40.5 Å². The fourth-order valence-corrected chi connectivity index (χ4v) is 1.55. The SMILES string of the molecule is OC(C=Cc1ccccc1)CC(O)(C(F)(F)F)C(F)(F)F. The van der Waals surface area contributed by atoms with Gasteiger partial charge in [0.25, 0.3) is 5.60 Å². The molecule has 0 bridgehead atoms. The summed E-state index contributed by atoms with van der Waals surface area (Å²) in [6, 6.07) is 7.97. The molecule has 0 aliphatic rings. The second-order valence-electron chi connectivity index (χ2n) is 4.40. The largest absolute Gasteiger partial charge is 0.426 e. The van der Waals surface area contributed by atoms with Gasteiger partial charge in [0, 0.05) is 6.42 Å². The third kappa shape index (κ3) is 4.21. The van der Waals surface area contributed by atoms with Crippen LogP contribution in [-0.4, -0.2) is 34.3 Å². The van der Waals surface area contributed by atoms with E-state index in [1.54, 1.807) is 30.3 Å². The summed E-state index contributed by atoms with van der Waals surface area (Å²) < 4.78 is 74.5. The molecular weight excluding hydrogens is 302 g/mol. The Hall–Kier alpha value is -1.54. The van der Waals surface area contributed by atoms with E-state index in [0.29, 0.717) is 5.56 Å². The molecule has 0 aliphatic heterocycles. The highest BCUT2D eigenvalue weighted by Crippen LogP contribution is 2.45. The van der Waals surface area contributed by atoms with Gasteiger partial charge in [0.05, 0.1) is 6.10 Å². The van der Waals surface area contributed by atoms with Gasteiger partial charge in [-0.2, -0.15) is 26.3 Å². The summed E-state index contributed by atoms with van der Waals surface area (Å²) in [7, 11) is 0. The molecule has 0 amide bonds. The number of aliphatic hydroxyl groups is 2. The van der Waals surface area contributed by atoms with Crippen LogP contribution in [0.5, 0.6) is 0 Å². The van der Waals surface area contributed by atoms with Crippen LogP contribution in [0.25, 0.3) is 6.08 Å². The molecule has 1 aromatic carbocycles. The normalized spacial score (nSPS) is 15.4. The maximum absolute atomic E-state index is 12.4. The van der Waals surface area contributed by atoms with Crippen LogP contribution >= 0.6 is 0 Å². The van der Waals surface area contributed by atoms with E-state index in [1.165, 1.54) is 0 Å². The standard InChI is InChI=1S/C13H12F6O2/c14-12(15,16)11(21,13(17,18)19)8-10(20)7-6-9-4-2-1-3-5-9/h1-7,10,20-21H,8H2. The van der Waals surface area contributed by atoms with Gasteiger partial charge in [-0.1, -0.05) is 42.5 Å². The maximum Gasteiger partial charge on any atom is 0.426 e. The number of rotatable bonds is 4. The van der Waals surface area contributed by atoms with Gasteiger partial charge in [-0.3, -0.25) is 0 Å². The van der Waals surface area contributed by atoms with Gasteiger partial charge in [-0.25, -0.2) is 0 Å². The van der Waals surface area contributed by atoms with E-state index < -0.39 is 30.5 Å². The summed E-state index contributed by atoms with van der Waals surface area (Å²) in [5, 5.41) is 18.2. The monoisotopic (exact) mass is 314 g/mol. The minimum Gasteiger partial charge on any atom is -0.389 e. The van der Waals surface area contributed by atoms with Crippen LogP contribution in [0.4, 0.5) is 26.3 Å². The molecule has 118 valence electrons. The highest BCUT2D eigenvalue weighted by molar-refractivity contribution is 5.49. The Balaban J connectivity index is 2.88. The summed E-state index contributed by atoms with van der Waals surface area (Å²) in [6.07, 6.45) is -14.0. The molecule has 21 heavy (non-hydrogen) atoms. The van der Waals surface area contributed by atoms with E-state index in [2.05, 4.69) is 0 Å². The predicted octanol–water partition coefficient (Wildman–Crippen LogP) is 3.31. The van der Waals surface area contributed by atoms with Crippen molar-refractivity contribution < 1.29 is 36.6 Å². The Morgan fingerprint density at radius 1 is 0.952 bits per heavy atom. The Labute approximate surface area is 116 Å². The Morgan fingerprint density at radius 3 is 1.86 bits per heavy atom. The summed E-state index contributed by atoms with van der Waals surface area (Å²) in [4.78, 5) is 0.